The molecule has 0 spiro atoms. The van der Waals surface area contributed by atoms with Crippen molar-refractivity contribution in [1.82, 2.24) is 5.32 Å². The molecule has 27 heavy (non-hydrogen) atoms. The molecule has 1 aliphatic heterocycles. The summed E-state index contributed by atoms with van der Waals surface area (Å²) in [6.07, 6.45) is 1.68. The minimum Gasteiger partial charge on any atom is -0.497 e. The lowest BCUT2D eigenvalue weighted by Gasteiger charge is -2.38. The Morgan fingerprint density at radius 1 is 1.11 bits per heavy atom. The molecule has 0 atom stereocenters. The number of benzene rings is 2. The lowest BCUT2D eigenvalue weighted by molar-refractivity contribution is 0.0508. The van der Waals surface area contributed by atoms with E-state index in [9.17, 15) is 4.79 Å². The van der Waals surface area contributed by atoms with Gasteiger partial charge in [-0.25, -0.2) is 4.79 Å². The van der Waals surface area contributed by atoms with E-state index < -0.39 is 0 Å². The van der Waals surface area contributed by atoms with Gasteiger partial charge in [0.25, 0.3) is 0 Å². The summed E-state index contributed by atoms with van der Waals surface area (Å²) in [7, 11) is 1.65. The van der Waals surface area contributed by atoms with Gasteiger partial charge in [-0.3, -0.25) is 0 Å². The Morgan fingerprint density at radius 3 is 2.44 bits per heavy atom. The molecule has 1 saturated heterocycles. The quantitative estimate of drug-likeness (QED) is 0.741. The molecule has 1 heterocycles. The first-order valence-electron chi connectivity index (χ1n) is 8.75. The van der Waals surface area contributed by atoms with E-state index in [4.69, 9.17) is 32.7 Å². The smallest absolute Gasteiger partial charge is 0.319 e. The summed E-state index contributed by atoms with van der Waals surface area (Å²) >= 11 is 11.9. The molecule has 0 aliphatic carbocycles. The van der Waals surface area contributed by atoms with Crippen LogP contribution < -0.4 is 15.4 Å². The first-order chi connectivity index (χ1) is 13.0. The highest BCUT2D eigenvalue weighted by atomic mass is 35.5. The fourth-order valence-electron chi connectivity index (χ4n) is 3.27. The topological polar surface area (TPSA) is 59.6 Å². The number of anilines is 1. The Hall–Kier alpha value is -1.95. The van der Waals surface area contributed by atoms with E-state index in [1.54, 1.807) is 25.3 Å². The van der Waals surface area contributed by atoms with E-state index >= 15 is 0 Å². The molecule has 3 rings (SSSR count). The van der Waals surface area contributed by atoms with Gasteiger partial charge in [0.05, 0.1) is 17.2 Å². The van der Waals surface area contributed by atoms with Gasteiger partial charge in [0.1, 0.15) is 5.75 Å². The third-order valence-corrected chi connectivity index (χ3v) is 5.66. The lowest BCUT2D eigenvalue weighted by atomic mass is 9.74. The van der Waals surface area contributed by atoms with Crippen molar-refractivity contribution in [3.63, 3.8) is 0 Å². The molecular weight excluding hydrogens is 387 g/mol. The van der Waals surface area contributed by atoms with E-state index in [0.717, 1.165) is 18.6 Å². The highest BCUT2D eigenvalue weighted by molar-refractivity contribution is 6.42. The molecule has 2 N–H and O–H groups in total. The molecule has 2 aromatic carbocycles. The van der Waals surface area contributed by atoms with Crippen molar-refractivity contribution < 1.29 is 14.3 Å². The van der Waals surface area contributed by atoms with E-state index in [1.807, 2.05) is 12.1 Å². The van der Waals surface area contributed by atoms with Crippen LogP contribution in [-0.4, -0.2) is 32.9 Å². The zero-order valence-corrected chi connectivity index (χ0v) is 16.6. The molecule has 2 aromatic rings. The SMILES string of the molecule is COc1ccc(C2(CNC(=O)Nc3ccc(Cl)c(Cl)c3)CCOCC2)cc1. The Balaban J connectivity index is 1.68. The zero-order chi connectivity index (χ0) is 19.3. The molecule has 1 fully saturated rings. The monoisotopic (exact) mass is 408 g/mol. The van der Waals surface area contributed by atoms with E-state index in [-0.39, 0.29) is 11.4 Å². The van der Waals surface area contributed by atoms with Crippen molar-refractivity contribution in [1.29, 1.82) is 0 Å². The minimum atomic E-state index is -0.284. The lowest BCUT2D eigenvalue weighted by Crippen LogP contribution is -2.45. The average molecular weight is 409 g/mol. The van der Waals surface area contributed by atoms with Crippen LogP contribution in [-0.2, 0) is 10.2 Å². The van der Waals surface area contributed by atoms with Gasteiger partial charge in [0.15, 0.2) is 0 Å². The molecule has 2 amide bonds. The first-order valence-corrected chi connectivity index (χ1v) is 9.50. The van der Waals surface area contributed by atoms with Gasteiger partial charge >= 0.3 is 6.03 Å². The standard InChI is InChI=1S/C20H22Cl2N2O3/c1-26-16-5-2-14(3-6-16)20(8-10-27-11-9-20)13-23-19(25)24-15-4-7-17(21)18(22)12-15/h2-7,12H,8-11,13H2,1H3,(H2,23,24,25). The Morgan fingerprint density at radius 2 is 1.81 bits per heavy atom. The number of nitrogens with one attached hydrogen (secondary N) is 2. The van der Waals surface area contributed by atoms with Gasteiger partial charge in [0.2, 0.25) is 0 Å². The maximum atomic E-state index is 12.4. The van der Waals surface area contributed by atoms with Crippen LogP contribution in [0, 0.1) is 0 Å². The van der Waals surface area contributed by atoms with Gasteiger partial charge in [-0.2, -0.15) is 0 Å². The molecule has 1 aliphatic rings. The van der Waals surface area contributed by atoms with Crippen LogP contribution in [0.4, 0.5) is 10.5 Å². The zero-order valence-electron chi connectivity index (χ0n) is 15.1. The highest BCUT2D eigenvalue weighted by Crippen LogP contribution is 2.35. The van der Waals surface area contributed by atoms with Gasteiger partial charge in [-0.05, 0) is 48.7 Å². The second-order valence-electron chi connectivity index (χ2n) is 6.56. The summed E-state index contributed by atoms with van der Waals surface area (Å²) in [4.78, 5) is 12.4. The predicted octanol–water partition coefficient (Wildman–Crippen LogP) is 4.87. The van der Waals surface area contributed by atoms with Crippen LogP contribution in [0.2, 0.25) is 10.0 Å². The summed E-state index contributed by atoms with van der Waals surface area (Å²) in [6.45, 7) is 1.85. The van der Waals surface area contributed by atoms with Crippen LogP contribution >= 0.6 is 23.2 Å². The van der Waals surface area contributed by atoms with Crippen LogP contribution in [0.1, 0.15) is 18.4 Å². The fourth-order valence-corrected chi connectivity index (χ4v) is 3.57. The molecule has 0 bridgehead atoms. The largest absolute Gasteiger partial charge is 0.497 e. The third kappa shape index (κ3) is 4.86. The van der Waals surface area contributed by atoms with E-state index in [2.05, 4.69) is 22.8 Å². The number of methoxy groups -OCH3 is 1. The number of carbonyl (C=O) groups excluding carboxylic acids is 1. The maximum Gasteiger partial charge on any atom is 0.319 e. The summed E-state index contributed by atoms with van der Waals surface area (Å²) in [5.41, 5.74) is 1.59. The molecule has 0 aromatic heterocycles. The van der Waals surface area contributed by atoms with Crippen molar-refractivity contribution in [2.24, 2.45) is 0 Å². The number of halogens is 2. The van der Waals surface area contributed by atoms with Crippen LogP contribution in [0.15, 0.2) is 42.5 Å². The fraction of sp³-hybridized carbons (Fsp3) is 0.350. The molecular formula is C20H22Cl2N2O3. The van der Waals surface area contributed by atoms with Gasteiger partial charge in [0, 0.05) is 30.9 Å². The maximum absolute atomic E-state index is 12.4. The van der Waals surface area contributed by atoms with Crippen molar-refractivity contribution in [3.8, 4) is 5.75 Å². The van der Waals surface area contributed by atoms with Gasteiger partial charge < -0.3 is 20.1 Å². The van der Waals surface area contributed by atoms with Crippen LogP contribution in [0.25, 0.3) is 0 Å². The number of urea groups is 1. The summed E-state index contributed by atoms with van der Waals surface area (Å²) < 4.78 is 10.8. The summed E-state index contributed by atoms with van der Waals surface area (Å²) in [6, 6.07) is 12.7. The Labute approximate surface area is 168 Å². The second-order valence-corrected chi connectivity index (χ2v) is 7.37. The van der Waals surface area contributed by atoms with Crippen LogP contribution in [0.3, 0.4) is 0 Å². The molecule has 144 valence electrons. The third-order valence-electron chi connectivity index (χ3n) is 4.92. The van der Waals surface area contributed by atoms with Crippen molar-refractivity contribution in [2.45, 2.75) is 18.3 Å². The molecule has 5 nitrogen and oxygen atoms in total. The van der Waals surface area contributed by atoms with E-state index in [1.165, 1.54) is 5.56 Å². The predicted molar refractivity (Wildman–Crippen MR) is 108 cm³/mol. The molecule has 0 radical (unpaired) electrons. The number of rotatable bonds is 5. The summed E-state index contributed by atoms with van der Waals surface area (Å²) in [5.74, 6) is 0.811. The van der Waals surface area contributed by atoms with E-state index in [0.29, 0.717) is 35.5 Å². The number of hydrogen-bond acceptors (Lipinski definition) is 3. The molecule has 0 unspecified atom stereocenters. The van der Waals surface area contributed by atoms with Crippen molar-refractivity contribution >= 4 is 34.9 Å². The molecule has 0 saturated carbocycles. The second kappa shape index (κ2) is 8.83. The van der Waals surface area contributed by atoms with Crippen molar-refractivity contribution in [3.05, 3.63) is 58.1 Å². The summed E-state index contributed by atoms with van der Waals surface area (Å²) in [5, 5.41) is 6.63. The van der Waals surface area contributed by atoms with Crippen LogP contribution in [0.5, 0.6) is 5.75 Å². The first kappa shape index (κ1) is 19.8. The van der Waals surface area contributed by atoms with Gasteiger partial charge in [-0.15, -0.1) is 0 Å². The van der Waals surface area contributed by atoms with Crippen molar-refractivity contribution in [2.75, 3.05) is 32.2 Å². The highest BCUT2D eigenvalue weighted by Gasteiger charge is 2.34. The number of hydrogen-bond donors (Lipinski definition) is 2. The molecule has 7 heteroatoms. The number of carbonyl (C=O) groups is 1. The average Bonchev–Trinajstić information content (AvgIpc) is 2.70. The van der Waals surface area contributed by atoms with Gasteiger partial charge in [-0.1, -0.05) is 35.3 Å². The normalized spacial score (nSPS) is 15.8. The number of ether oxygens (including phenoxy) is 2. The minimum absolute atomic E-state index is 0.167. The number of amides is 2. The Kier molecular flexibility index (Phi) is 6.47. The Bertz CT molecular complexity index is 790.